The Labute approximate surface area is 146 Å². The zero-order chi connectivity index (χ0) is 18.3. The zero-order valence-electron chi connectivity index (χ0n) is 13.7. The number of carbonyl (C=O) groups excluding carboxylic acids is 1. The van der Waals surface area contributed by atoms with Crippen LogP contribution in [0.25, 0.3) is 5.52 Å². The molecule has 1 aliphatic rings. The number of aromatic nitrogens is 4. The molecule has 4 heterocycles. The lowest BCUT2D eigenvalue weighted by atomic mass is 9.94. The molecule has 1 atom stereocenters. The van der Waals surface area contributed by atoms with E-state index >= 15 is 0 Å². The maximum Gasteiger partial charge on any atom is 0.435 e. The van der Waals surface area contributed by atoms with E-state index in [1.165, 1.54) is 6.20 Å². The molecular weight excluding hydrogens is 347 g/mol. The molecule has 3 aromatic rings. The summed E-state index contributed by atoms with van der Waals surface area (Å²) in [6, 6.07) is 6.50. The lowest BCUT2D eigenvalue weighted by molar-refractivity contribution is -0.141. The van der Waals surface area contributed by atoms with Crippen LogP contribution in [0.4, 0.5) is 13.2 Å². The third kappa shape index (κ3) is 2.93. The number of nitrogens with zero attached hydrogens (tertiary/aromatic N) is 4. The Morgan fingerprint density at radius 1 is 1.31 bits per heavy atom. The molecule has 4 rings (SSSR count). The number of fused-ring (bicyclic) bond motifs is 1. The second-order valence-electron chi connectivity index (χ2n) is 6.39. The predicted molar refractivity (Wildman–Crippen MR) is 86.7 cm³/mol. The average molecular weight is 363 g/mol. The first kappa shape index (κ1) is 16.6. The average Bonchev–Trinajstić information content (AvgIpc) is 3.28. The molecule has 0 bridgehead atoms. The van der Waals surface area contributed by atoms with Crippen LogP contribution in [0.5, 0.6) is 0 Å². The Kier molecular flexibility index (Phi) is 3.93. The van der Waals surface area contributed by atoms with Crippen LogP contribution < -0.4 is 0 Å². The molecule has 1 saturated heterocycles. The van der Waals surface area contributed by atoms with Crippen molar-refractivity contribution in [1.82, 2.24) is 24.7 Å². The molecule has 1 aliphatic heterocycles. The van der Waals surface area contributed by atoms with Gasteiger partial charge in [0, 0.05) is 30.9 Å². The molecule has 1 N–H and O–H groups in total. The second-order valence-corrected chi connectivity index (χ2v) is 6.39. The standard InChI is InChI=1S/C17H16F3N5O/c18-17(19,20)15-8-13(22-23-15)11-4-3-6-24(10-11)16(26)12-9-21-25-7-2-1-5-14(12)25/h1-2,5,7-9,11H,3-4,6,10H2,(H,22,23). The van der Waals surface area contributed by atoms with Gasteiger partial charge >= 0.3 is 6.18 Å². The first-order valence-electron chi connectivity index (χ1n) is 8.27. The minimum atomic E-state index is -4.48. The van der Waals surface area contributed by atoms with E-state index in [9.17, 15) is 18.0 Å². The van der Waals surface area contributed by atoms with Gasteiger partial charge in [-0.3, -0.25) is 9.89 Å². The fourth-order valence-electron chi connectivity index (χ4n) is 3.38. The van der Waals surface area contributed by atoms with Crippen molar-refractivity contribution >= 4 is 11.4 Å². The Morgan fingerprint density at radius 2 is 2.15 bits per heavy atom. The molecule has 3 aromatic heterocycles. The van der Waals surface area contributed by atoms with E-state index in [1.54, 1.807) is 15.6 Å². The van der Waals surface area contributed by atoms with Gasteiger partial charge in [0.05, 0.1) is 17.3 Å². The minimum absolute atomic E-state index is 0.161. The number of carbonyl (C=O) groups is 1. The van der Waals surface area contributed by atoms with Gasteiger partial charge < -0.3 is 4.90 Å². The highest BCUT2D eigenvalue weighted by Crippen LogP contribution is 2.32. The maximum atomic E-state index is 12.9. The number of H-pyrrole nitrogens is 1. The van der Waals surface area contributed by atoms with Crippen LogP contribution in [0.3, 0.4) is 0 Å². The van der Waals surface area contributed by atoms with E-state index in [0.717, 1.165) is 12.5 Å². The van der Waals surface area contributed by atoms with Crippen LogP contribution in [0, 0.1) is 0 Å². The molecule has 0 aromatic carbocycles. The van der Waals surface area contributed by atoms with Crippen molar-refractivity contribution in [2.45, 2.75) is 24.9 Å². The molecule has 0 saturated carbocycles. The summed E-state index contributed by atoms with van der Waals surface area (Å²) in [6.07, 6.45) is 0.234. The normalized spacial score (nSPS) is 18.4. The van der Waals surface area contributed by atoms with Crippen LogP contribution in [0.1, 0.15) is 40.5 Å². The van der Waals surface area contributed by atoms with Crippen molar-refractivity contribution in [2.24, 2.45) is 0 Å². The number of halogens is 3. The molecular formula is C17H16F3N5O. The largest absolute Gasteiger partial charge is 0.435 e. The van der Waals surface area contributed by atoms with Crippen molar-refractivity contribution in [3.05, 3.63) is 53.6 Å². The van der Waals surface area contributed by atoms with Crippen LogP contribution >= 0.6 is 0 Å². The van der Waals surface area contributed by atoms with Crippen LogP contribution in [0.15, 0.2) is 36.7 Å². The summed E-state index contributed by atoms with van der Waals surface area (Å²) in [5.41, 5.74) is 0.681. The highest BCUT2D eigenvalue weighted by atomic mass is 19.4. The van der Waals surface area contributed by atoms with E-state index in [0.29, 0.717) is 36.3 Å². The number of aromatic amines is 1. The fourth-order valence-corrected chi connectivity index (χ4v) is 3.38. The van der Waals surface area contributed by atoms with Crippen molar-refractivity contribution < 1.29 is 18.0 Å². The van der Waals surface area contributed by atoms with Gasteiger partial charge in [-0.05, 0) is 31.0 Å². The molecule has 6 nitrogen and oxygen atoms in total. The SMILES string of the molecule is O=C(c1cnn2ccccc12)N1CCCC(c2cc(C(F)(F)F)n[nH]2)C1. The quantitative estimate of drug-likeness (QED) is 0.761. The van der Waals surface area contributed by atoms with Crippen molar-refractivity contribution in [3.63, 3.8) is 0 Å². The predicted octanol–water partition coefficient (Wildman–Crippen LogP) is 3.10. The van der Waals surface area contributed by atoms with E-state index < -0.39 is 11.9 Å². The topological polar surface area (TPSA) is 66.3 Å². The van der Waals surface area contributed by atoms with E-state index in [4.69, 9.17) is 0 Å². The molecule has 0 aliphatic carbocycles. The van der Waals surface area contributed by atoms with Gasteiger partial charge in [-0.25, -0.2) is 4.52 Å². The van der Waals surface area contributed by atoms with Crippen molar-refractivity contribution in [3.8, 4) is 0 Å². The number of alkyl halides is 3. The number of pyridine rings is 1. The van der Waals surface area contributed by atoms with Gasteiger partial charge in [-0.2, -0.15) is 23.4 Å². The Morgan fingerprint density at radius 3 is 2.92 bits per heavy atom. The monoisotopic (exact) mass is 363 g/mol. The molecule has 1 fully saturated rings. The van der Waals surface area contributed by atoms with E-state index in [-0.39, 0.29) is 11.8 Å². The smallest absolute Gasteiger partial charge is 0.338 e. The van der Waals surface area contributed by atoms with Gasteiger partial charge in [0.1, 0.15) is 0 Å². The molecule has 0 spiro atoms. The van der Waals surface area contributed by atoms with Gasteiger partial charge in [-0.1, -0.05) is 6.07 Å². The van der Waals surface area contributed by atoms with Crippen LogP contribution in [-0.2, 0) is 6.18 Å². The molecule has 0 radical (unpaired) electrons. The molecule has 1 amide bonds. The van der Waals surface area contributed by atoms with Crippen LogP contribution in [-0.4, -0.2) is 43.7 Å². The molecule has 136 valence electrons. The fraction of sp³-hybridized carbons (Fsp3) is 0.353. The number of nitrogens with one attached hydrogen (secondary N) is 1. The van der Waals surface area contributed by atoms with Crippen LogP contribution in [0.2, 0.25) is 0 Å². The number of amides is 1. The highest BCUT2D eigenvalue weighted by molar-refractivity contribution is 6.00. The Bertz CT molecular complexity index is 945. The third-order valence-corrected chi connectivity index (χ3v) is 4.69. The first-order valence-corrected chi connectivity index (χ1v) is 8.27. The molecule has 9 heteroatoms. The Balaban J connectivity index is 1.55. The summed E-state index contributed by atoms with van der Waals surface area (Å²) in [6.45, 7) is 0.919. The maximum absolute atomic E-state index is 12.9. The lowest BCUT2D eigenvalue weighted by Gasteiger charge is -2.32. The molecule has 26 heavy (non-hydrogen) atoms. The van der Waals surface area contributed by atoms with E-state index in [2.05, 4.69) is 15.3 Å². The minimum Gasteiger partial charge on any atom is -0.338 e. The summed E-state index contributed by atoms with van der Waals surface area (Å²) in [5, 5.41) is 10.0. The van der Waals surface area contributed by atoms with Gasteiger partial charge in [0.2, 0.25) is 0 Å². The number of hydrogen-bond acceptors (Lipinski definition) is 3. The first-order chi connectivity index (χ1) is 12.4. The molecule has 1 unspecified atom stereocenters. The number of hydrogen-bond donors (Lipinski definition) is 1. The zero-order valence-corrected chi connectivity index (χ0v) is 13.7. The number of piperidine rings is 1. The number of rotatable bonds is 2. The van der Waals surface area contributed by atoms with Crippen molar-refractivity contribution in [1.29, 1.82) is 0 Å². The summed E-state index contributed by atoms with van der Waals surface area (Å²) in [7, 11) is 0. The summed E-state index contributed by atoms with van der Waals surface area (Å²) in [4.78, 5) is 14.6. The second kappa shape index (κ2) is 6.15. The third-order valence-electron chi connectivity index (χ3n) is 4.69. The van der Waals surface area contributed by atoms with E-state index in [1.807, 2.05) is 18.2 Å². The summed E-state index contributed by atoms with van der Waals surface area (Å²) >= 11 is 0. The highest BCUT2D eigenvalue weighted by Gasteiger charge is 2.35. The van der Waals surface area contributed by atoms with Crippen molar-refractivity contribution in [2.75, 3.05) is 13.1 Å². The summed E-state index contributed by atoms with van der Waals surface area (Å²) < 4.78 is 39.9. The van der Waals surface area contributed by atoms with Gasteiger partial charge in [0.15, 0.2) is 5.69 Å². The number of likely N-dealkylation sites (tertiary alicyclic amines) is 1. The van der Waals surface area contributed by atoms with Gasteiger partial charge in [-0.15, -0.1) is 0 Å². The summed E-state index contributed by atoms with van der Waals surface area (Å²) in [5.74, 6) is -0.357. The van der Waals surface area contributed by atoms with Gasteiger partial charge in [0.25, 0.3) is 5.91 Å². The lowest BCUT2D eigenvalue weighted by Crippen LogP contribution is -2.39. The Hall–Kier alpha value is -2.84.